The molecule has 94 valence electrons. The average Bonchev–Trinajstić information content (AvgIpc) is 2.34. The first-order valence-electron chi connectivity index (χ1n) is 5.08. The summed E-state index contributed by atoms with van der Waals surface area (Å²) in [7, 11) is 0. The molecule has 0 unspecified atom stereocenters. The Bertz CT molecular complexity index is 569. The lowest BCUT2D eigenvalue weighted by Gasteiger charge is -2.09. The van der Waals surface area contributed by atoms with Gasteiger partial charge in [-0.1, -0.05) is 52.5 Å². The molecule has 0 fully saturated rings. The Morgan fingerprint density at radius 3 is 2.22 bits per heavy atom. The predicted molar refractivity (Wildman–Crippen MR) is 77.3 cm³/mol. The summed E-state index contributed by atoms with van der Waals surface area (Å²) < 4.78 is 5.58. The fraction of sp³-hybridized carbons (Fsp3) is 0.0769. The van der Waals surface area contributed by atoms with Crippen molar-refractivity contribution in [1.82, 2.24) is 0 Å². The number of rotatable bonds is 3. The number of ether oxygens (including phenoxy) is 1. The lowest BCUT2D eigenvalue weighted by atomic mass is 10.2. The third kappa shape index (κ3) is 3.46. The van der Waals surface area contributed by atoms with E-state index >= 15 is 0 Å². The fourth-order valence-corrected chi connectivity index (χ4v) is 2.03. The van der Waals surface area contributed by atoms with Crippen molar-refractivity contribution in [3.8, 4) is 5.75 Å². The predicted octanol–water partition coefficient (Wildman–Crippen LogP) is 5.88. The molecule has 2 rings (SSSR count). The minimum absolute atomic E-state index is 0.344. The Morgan fingerprint density at radius 1 is 0.778 bits per heavy atom. The maximum atomic E-state index is 5.99. The highest BCUT2D eigenvalue weighted by Crippen LogP contribution is 2.29. The van der Waals surface area contributed by atoms with Gasteiger partial charge in [-0.05, 0) is 29.8 Å². The molecule has 0 aliphatic carbocycles. The van der Waals surface area contributed by atoms with Crippen LogP contribution in [-0.4, -0.2) is 0 Å². The third-order valence-electron chi connectivity index (χ3n) is 2.27. The van der Waals surface area contributed by atoms with Gasteiger partial charge in [-0.2, -0.15) is 0 Å². The van der Waals surface area contributed by atoms with E-state index in [4.69, 9.17) is 51.1 Å². The molecule has 0 amide bonds. The van der Waals surface area contributed by atoms with E-state index < -0.39 is 0 Å². The average molecular weight is 322 g/mol. The van der Waals surface area contributed by atoms with E-state index in [0.29, 0.717) is 32.4 Å². The van der Waals surface area contributed by atoms with Crippen LogP contribution < -0.4 is 4.74 Å². The standard InChI is InChI=1S/C13H8Cl4O/c14-9-2-4-11(16)13(6-9)18-7-8-1-3-10(15)12(17)5-8/h1-6H,7H2. The van der Waals surface area contributed by atoms with Crippen LogP contribution in [-0.2, 0) is 6.61 Å². The molecular weight excluding hydrogens is 314 g/mol. The molecule has 0 saturated carbocycles. The highest BCUT2D eigenvalue weighted by atomic mass is 35.5. The zero-order valence-electron chi connectivity index (χ0n) is 9.09. The molecule has 2 aromatic carbocycles. The van der Waals surface area contributed by atoms with Gasteiger partial charge in [0.1, 0.15) is 12.4 Å². The van der Waals surface area contributed by atoms with Gasteiger partial charge in [0.15, 0.2) is 0 Å². The molecule has 0 heterocycles. The van der Waals surface area contributed by atoms with E-state index in [0.717, 1.165) is 5.56 Å². The van der Waals surface area contributed by atoms with Crippen LogP contribution in [0.1, 0.15) is 5.56 Å². The van der Waals surface area contributed by atoms with E-state index in [1.165, 1.54) is 0 Å². The molecule has 0 radical (unpaired) electrons. The topological polar surface area (TPSA) is 9.23 Å². The van der Waals surface area contributed by atoms with Crippen LogP contribution in [0.3, 0.4) is 0 Å². The van der Waals surface area contributed by atoms with Crippen LogP contribution in [0, 0.1) is 0 Å². The van der Waals surface area contributed by atoms with E-state index in [9.17, 15) is 0 Å². The Hall–Kier alpha value is -0.600. The van der Waals surface area contributed by atoms with Crippen molar-refractivity contribution in [2.75, 3.05) is 0 Å². The lowest BCUT2D eigenvalue weighted by molar-refractivity contribution is 0.306. The Kier molecular flexibility index (Phi) is 4.63. The first-order valence-corrected chi connectivity index (χ1v) is 6.59. The van der Waals surface area contributed by atoms with Gasteiger partial charge in [0.25, 0.3) is 0 Å². The van der Waals surface area contributed by atoms with Gasteiger partial charge < -0.3 is 4.74 Å². The van der Waals surface area contributed by atoms with Gasteiger partial charge in [0, 0.05) is 11.1 Å². The fourth-order valence-electron chi connectivity index (χ4n) is 1.38. The summed E-state index contributed by atoms with van der Waals surface area (Å²) in [5, 5.41) is 2.10. The van der Waals surface area contributed by atoms with E-state index in [1.807, 2.05) is 6.07 Å². The molecule has 0 aliphatic heterocycles. The van der Waals surface area contributed by atoms with Crippen molar-refractivity contribution >= 4 is 46.4 Å². The molecule has 0 spiro atoms. The molecule has 0 bridgehead atoms. The summed E-state index contributed by atoms with van der Waals surface area (Å²) in [6, 6.07) is 10.4. The van der Waals surface area contributed by atoms with Crippen molar-refractivity contribution in [2.24, 2.45) is 0 Å². The summed E-state index contributed by atoms with van der Waals surface area (Å²) in [6.45, 7) is 0.344. The zero-order chi connectivity index (χ0) is 13.1. The highest BCUT2D eigenvalue weighted by Gasteiger charge is 2.04. The van der Waals surface area contributed by atoms with Crippen molar-refractivity contribution in [3.63, 3.8) is 0 Å². The van der Waals surface area contributed by atoms with Gasteiger partial charge in [0.05, 0.1) is 15.1 Å². The molecule has 0 saturated heterocycles. The largest absolute Gasteiger partial charge is 0.487 e. The van der Waals surface area contributed by atoms with E-state index in [2.05, 4.69) is 0 Å². The molecule has 0 aromatic heterocycles. The summed E-state index contributed by atoms with van der Waals surface area (Å²) in [6.07, 6.45) is 0. The Morgan fingerprint density at radius 2 is 1.50 bits per heavy atom. The molecular formula is C13H8Cl4O. The summed E-state index contributed by atoms with van der Waals surface area (Å²) in [5.41, 5.74) is 0.903. The van der Waals surface area contributed by atoms with Crippen LogP contribution in [0.25, 0.3) is 0 Å². The van der Waals surface area contributed by atoms with Gasteiger partial charge in [0.2, 0.25) is 0 Å². The second kappa shape index (κ2) is 6.03. The molecule has 5 heteroatoms. The molecule has 0 aliphatic rings. The second-order valence-corrected chi connectivity index (χ2v) is 5.27. The Labute approximate surface area is 125 Å². The first kappa shape index (κ1) is 13.8. The lowest BCUT2D eigenvalue weighted by Crippen LogP contribution is -1.96. The van der Waals surface area contributed by atoms with E-state index in [-0.39, 0.29) is 0 Å². The molecule has 0 N–H and O–H groups in total. The van der Waals surface area contributed by atoms with Gasteiger partial charge in [-0.25, -0.2) is 0 Å². The second-order valence-electron chi connectivity index (χ2n) is 3.61. The van der Waals surface area contributed by atoms with E-state index in [1.54, 1.807) is 30.3 Å². The molecule has 0 atom stereocenters. The monoisotopic (exact) mass is 320 g/mol. The molecule has 2 aromatic rings. The zero-order valence-corrected chi connectivity index (χ0v) is 12.1. The van der Waals surface area contributed by atoms with Crippen LogP contribution in [0.2, 0.25) is 20.1 Å². The van der Waals surface area contributed by atoms with Crippen molar-refractivity contribution in [2.45, 2.75) is 6.61 Å². The minimum Gasteiger partial charge on any atom is -0.487 e. The van der Waals surface area contributed by atoms with Gasteiger partial charge in [-0.3, -0.25) is 0 Å². The number of hydrogen-bond donors (Lipinski definition) is 0. The quantitative estimate of drug-likeness (QED) is 0.686. The van der Waals surface area contributed by atoms with Crippen molar-refractivity contribution in [3.05, 3.63) is 62.1 Å². The summed E-state index contributed by atoms with van der Waals surface area (Å²) in [4.78, 5) is 0. The minimum atomic E-state index is 0.344. The molecule has 1 nitrogen and oxygen atoms in total. The maximum absolute atomic E-state index is 5.99. The third-order valence-corrected chi connectivity index (χ3v) is 3.56. The number of halogens is 4. The highest BCUT2D eigenvalue weighted by molar-refractivity contribution is 6.42. The van der Waals surface area contributed by atoms with Crippen LogP contribution in [0.4, 0.5) is 0 Å². The number of hydrogen-bond acceptors (Lipinski definition) is 1. The van der Waals surface area contributed by atoms with Crippen LogP contribution in [0.15, 0.2) is 36.4 Å². The van der Waals surface area contributed by atoms with Crippen LogP contribution in [0.5, 0.6) is 5.75 Å². The normalized spacial score (nSPS) is 10.4. The van der Waals surface area contributed by atoms with Crippen LogP contribution >= 0.6 is 46.4 Å². The van der Waals surface area contributed by atoms with Crippen molar-refractivity contribution < 1.29 is 4.74 Å². The Balaban J connectivity index is 2.11. The SMILES string of the molecule is Clc1ccc(Cl)c(OCc2ccc(Cl)c(Cl)c2)c1. The first-order chi connectivity index (χ1) is 8.56. The van der Waals surface area contributed by atoms with Gasteiger partial charge >= 0.3 is 0 Å². The summed E-state index contributed by atoms with van der Waals surface area (Å²) >= 11 is 23.6. The van der Waals surface area contributed by atoms with Crippen molar-refractivity contribution in [1.29, 1.82) is 0 Å². The summed E-state index contributed by atoms with van der Waals surface area (Å²) in [5.74, 6) is 0.537. The van der Waals surface area contributed by atoms with Gasteiger partial charge in [-0.15, -0.1) is 0 Å². The number of benzene rings is 2. The molecule has 18 heavy (non-hydrogen) atoms. The smallest absolute Gasteiger partial charge is 0.139 e. The maximum Gasteiger partial charge on any atom is 0.139 e.